The molecule has 0 saturated carbocycles. The fourth-order valence-corrected chi connectivity index (χ4v) is 0.862. The first-order chi connectivity index (χ1) is 3.68. The van der Waals surface area contributed by atoms with E-state index < -0.39 is 7.82 Å². The van der Waals surface area contributed by atoms with E-state index in [-0.39, 0.29) is 29.6 Å². The van der Waals surface area contributed by atoms with Crippen LogP contribution in [0, 0.1) is 0 Å². The molecule has 0 aromatic heterocycles. The molecule has 9 heteroatoms. The van der Waals surface area contributed by atoms with Crippen molar-refractivity contribution in [1.82, 2.24) is 0 Å². The summed E-state index contributed by atoms with van der Waals surface area (Å²) in [4.78, 5) is 0. The van der Waals surface area contributed by atoms with E-state index in [0.29, 0.717) is 0 Å². The van der Waals surface area contributed by atoms with E-state index in [1.54, 1.807) is 0 Å². The molecule has 0 aliphatic rings. The molecular formula is HCl3NaO4P. The fourth-order valence-electron chi connectivity index (χ4n) is 0.0319. The predicted octanol–water partition coefficient (Wildman–Crippen LogP) is 1.96. The number of phosphoric acid groups is 1. The number of halogens is 3. The zero-order valence-corrected chi connectivity index (χ0v) is 6.38. The topological polar surface area (TPSA) is 44.8 Å². The zero-order valence-electron chi connectivity index (χ0n) is 3.21. The number of hydrogen-bond donors (Lipinski definition) is 0. The van der Waals surface area contributed by atoms with Crippen molar-refractivity contribution in [1.29, 1.82) is 0 Å². The molecule has 0 fully saturated rings. The van der Waals surface area contributed by atoms with Gasteiger partial charge >= 0.3 is 37.4 Å². The molecule has 0 aliphatic carbocycles. The Hall–Kier alpha value is 1.98. The van der Waals surface area contributed by atoms with Crippen molar-refractivity contribution in [2.45, 2.75) is 0 Å². The van der Waals surface area contributed by atoms with Crippen molar-refractivity contribution in [3.8, 4) is 0 Å². The van der Waals surface area contributed by atoms with Crippen molar-refractivity contribution >= 4 is 73.0 Å². The van der Waals surface area contributed by atoms with Crippen LogP contribution in [0.3, 0.4) is 0 Å². The van der Waals surface area contributed by atoms with Crippen LogP contribution in [0.2, 0.25) is 0 Å². The molecule has 0 radical (unpaired) electrons. The van der Waals surface area contributed by atoms with Gasteiger partial charge in [0.15, 0.2) is 0 Å². The molecule has 4 nitrogen and oxygen atoms in total. The molecule has 0 rings (SSSR count). The molecule has 52 valence electrons. The van der Waals surface area contributed by atoms with Crippen LogP contribution in [0.5, 0.6) is 0 Å². The van der Waals surface area contributed by atoms with Crippen LogP contribution < -0.4 is 0 Å². The van der Waals surface area contributed by atoms with Crippen LogP contribution >= 0.6 is 43.4 Å². The fraction of sp³-hybridized carbons (Fsp3) is 0. The maximum atomic E-state index is 10.3. The van der Waals surface area contributed by atoms with Gasteiger partial charge in [-0.1, -0.05) is 0 Å². The van der Waals surface area contributed by atoms with Gasteiger partial charge in [-0.2, -0.15) is 12.2 Å². The molecule has 0 bridgehead atoms. The average Bonchev–Trinajstić information content (AvgIpc) is 1.87. The molecule has 9 heavy (non-hydrogen) atoms. The summed E-state index contributed by atoms with van der Waals surface area (Å²) in [5.74, 6) is 0. The minimum absolute atomic E-state index is 0. The molecule has 0 amide bonds. The third-order valence-electron chi connectivity index (χ3n) is 0.254. The van der Waals surface area contributed by atoms with Gasteiger partial charge in [-0.05, 0) is 0 Å². The van der Waals surface area contributed by atoms with E-state index in [1.165, 1.54) is 0 Å². The first-order valence-electron chi connectivity index (χ1n) is 1.19. The minimum atomic E-state index is -3.87. The summed E-state index contributed by atoms with van der Waals surface area (Å²) in [7, 11) is -3.87. The molecule has 0 unspecified atom stereocenters. The quantitative estimate of drug-likeness (QED) is 0.544. The first-order valence-corrected chi connectivity index (χ1v) is 3.58. The Morgan fingerprint density at radius 1 is 1.00 bits per heavy atom. The Labute approximate surface area is 89.1 Å². The Balaban J connectivity index is 0. The van der Waals surface area contributed by atoms with Crippen molar-refractivity contribution in [2.75, 3.05) is 0 Å². The van der Waals surface area contributed by atoms with Gasteiger partial charge in [0.2, 0.25) is 0 Å². The second-order valence-corrected chi connectivity index (χ2v) is 3.20. The Kier molecular flexibility index (Phi) is 10.1. The summed E-state index contributed by atoms with van der Waals surface area (Å²) < 4.78 is 20.9. The maximum absolute atomic E-state index is 10.3. The van der Waals surface area contributed by atoms with Gasteiger partial charge in [0.1, 0.15) is 0 Å². The van der Waals surface area contributed by atoms with E-state index >= 15 is 0 Å². The molecule has 0 aliphatic heterocycles. The molecule has 0 aromatic rings. The molecule has 0 spiro atoms. The third-order valence-corrected chi connectivity index (χ3v) is 2.28. The van der Waals surface area contributed by atoms with Gasteiger partial charge in [-0.15, -0.1) is 0 Å². The summed E-state index contributed by atoms with van der Waals surface area (Å²) in [6.07, 6.45) is 0. The zero-order chi connectivity index (χ0) is 6.62. The van der Waals surface area contributed by atoms with Crippen LogP contribution in [-0.2, 0) is 16.8 Å². The summed E-state index contributed by atoms with van der Waals surface area (Å²) in [5.41, 5.74) is 0. The van der Waals surface area contributed by atoms with E-state index in [2.05, 4.69) is 47.8 Å². The van der Waals surface area contributed by atoms with Gasteiger partial charge < -0.3 is 0 Å². The normalized spacial score (nSPS) is 10.6. The summed E-state index contributed by atoms with van der Waals surface area (Å²) >= 11 is 13.6. The SMILES string of the molecule is O=P(OCl)(OCl)OCl.[NaH]. The van der Waals surface area contributed by atoms with Gasteiger partial charge in [0, 0.05) is 0 Å². The molecule has 0 saturated heterocycles. The summed E-state index contributed by atoms with van der Waals surface area (Å²) in [6.45, 7) is 0. The Bertz CT molecular complexity index is 87.0. The van der Waals surface area contributed by atoms with Crippen molar-refractivity contribution in [2.24, 2.45) is 0 Å². The van der Waals surface area contributed by atoms with Gasteiger partial charge in [-0.25, -0.2) is 4.57 Å². The number of hydrogen-bond acceptors (Lipinski definition) is 4. The second kappa shape index (κ2) is 6.68. The average molecular weight is 225 g/mol. The summed E-state index contributed by atoms with van der Waals surface area (Å²) in [5, 5.41) is 0. The van der Waals surface area contributed by atoms with Crippen molar-refractivity contribution < 1.29 is 16.8 Å². The molecule has 0 aromatic carbocycles. The molecule has 0 N–H and O–H groups in total. The van der Waals surface area contributed by atoms with E-state index in [4.69, 9.17) is 0 Å². The molecule has 0 heterocycles. The van der Waals surface area contributed by atoms with E-state index in [1.807, 2.05) is 0 Å². The van der Waals surface area contributed by atoms with Gasteiger partial charge in [-0.3, -0.25) is 0 Å². The Morgan fingerprint density at radius 2 is 1.22 bits per heavy atom. The van der Waals surface area contributed by atoms with Gasteiger partial charge in [0.05, 0.1) is 35.6 Å². The monoisotopic (exact) mass is 224 g/mol. The van der Waals surface area contributed by atoms with E-state index in [9.17, 15) is 4.57 Å². The molecular weight excluding hydrogens is 224 g/mol. The standard InChI is InChI=1S/Cl3O4P.Na.H/c1-5-8(4,6-2)7-3;;. The van der Waals surface area contributed by atoms with Crippen LogP contribution in [0.1, 0.15) is 0 Å². The van der Waals surface area contributed by atoms with Crippen molar-refractivity contribution in [3.05, 3.63) is 0 Å². The van der Waals surface area contributed by atoms with E-state index in [0.717, 1.165) is 0 Å². The van der Waals surface area contributed by atoms with Crippen LogP contribution in [0.25, 0.3) is 0 Å². The second-order valence-electron chi connectivity index (χ2n) is 0.654. The Morgan fingerprint density at radius 3 is 1.22 bits per heavy atom. The van der Waals surface area contributed by atoms with Gasteiger partial charge in [0.25, 0.3) is 0 Å². The predicted molar refractivity (Wildman–Crippen MR) is 35.6 cm³/mol. The molecule has 0 atom stereocenters. The van der Waals surface area contributed by atoms with Crippen LogP contribution in [-0.4, -0.2) is 29.6 Å². The number of rotatable bonds is 3. The van der Waals surface area contributed by atoms with Crippen LogP contribution in [0.15, 0.2) is 0 Å². The van der Waals surface area contributed by atoms with Crippen molar-refractivity contribution in [3.63, 3.8) is 0 Å². The van der Waals surface area contributed by atoms with Crippen LogP contribution in [0.4, 0.5) is 0 Å². The summed E-state index contributed by atoms with van der Waals surface area (Å²) in [6, 6.07) is 0. The third kappa shape index (κ3) is 5.27. The first kappa shape index (κ1) is 13.6.